The molecular weight excluding hydrogens is 478 g/mol. The number of hydrogen-bond acceptors (Lipinski definition) is 6. The predicted molar refractivity (Wildman–Crippen MR) is 151 cm³/mol. The lowest BCUT2D eigenvalue weighted by Gasteiger charge is -2.50. The van der Waals surface area contributed by atoms with Gasteiger partial charge in [0.1, 0.15) is 10.8 Å². The summed E-state index contributed by atoms with van der Waals surface area (Å²) in [6.07, 6.45) is 6.59. The van der Waals surface area contributed by atoms with Crippen molar-refractivity contribution in [3.05, 3.63) is 58.1 Å². The van der Waals surface area contributed by atoms with Gasteiger partial charge in [-0.3, -0.25) is 0 Å². The maximum absolute atomic E-state index is 9.71. The second-order valence-corrected chi connectivity index (χ2v) is 12.4. The van der Waals surface area contributed by atoms with Crippen LogP contribution >= 0.6 is 11.3 Å². The van der Waals surface area contributed by atoms with Crippen molar-refractivity contribution in [2.24, 2.45) is 5.41 Å². The van der Waals surface area contributed by atoms with E-state index in [0.717, 1.165) is 75.8 Å². The van der Waals surface area contributed by atoms with Gasteiger partial charge in [0.15, 0.2) is 0 Å². The van der Waals surface area contributed by atoms with E-state index in [2.05, 4.69) is 60.5 Å². The average Bonchev–Trinajstić information content (AvgIpc) is 3.32. The molecule has 0 unspecified atom stereocenters. The third-order valence-corrected chi connectivity index (χ3v) is 10.1. The monoisotopic (exact) mass is 517 g/mol. The van der Waals surface area contributed by atoms with Crippen LogP contribution in [0.4, 0.5) is 0 Å². The molecule has 0 amide bonds. The van der Waals surface area contributed by atoms with Crippen LogP contribution in [-0.4, -0.2) is 53.9 Å². The van der Waals surface area contributed by atoms with Crippen molar-refractivity contribution >= 4 is 11.3 Å². The van der Waals surface area contributed by atoms with Gasteiger partial charge in [-0.15, -0.1) is 11.3 Å². The van der Waals surface area contributed by atoms with Gasteiger partial charge in [0.05, 0.1) is 18.4 Å². The number of nitrogens with zero attached hydrogens (tertiary/aromatic N) is 2. The second kappa shape index (κ2) is 10.5. The molecule has 2 fully saturated rings. The molecule has 1 aromatic heterocycles. The van der Waals surface area contributed by atoms with E-state index < -0.39 is 0 Å². The number of rotatable bonds is 7. The van der Waals surface area contributed by atoms with Crippen molar-refractivity contribution in [2.45, 2.75) is 65.0 Å². The van der Waals surface area contributed by atoms with E-state index in [0.29, 0.717) is 5.41 Å². The molecule has 3 heterocycles. The Morgan fingerprint density at radius 1 is 1.05 bits per heavy atom. The average molecular weight is 518 g/mol. The molecule has 37 heavy (non-hydrogen) atoms. The first-order chi connectivity index (χ1) is 18.0. The predicted octanol–water partition coefficient (Wildman–Crippen LogP) is 5.75. The highest BCUT2D eigenvalue weighted by atomic mass is 32.1. The lowest BCUT2D eigenvalue weighted by atomic mass is 9.61. The second-order valence-electron chi connectivity index (χ2n) is 11.3. The fourth-order valence-corrected chi connectivity index (χ4v) is 7.69. The van der Waals surface area contributed by atoms with E-state index in [1.807, 2.05) is 11.3 Å². The summed E-state index contributed by atoms with van der Waals surface area (Å²) in [4.78, 5) is 8.98. The molecule has 196 valence electrons. The smallest absolute Gasteiger partial charge is 0.124 e. The Morgan fingerprint density at radius 3 is 2.54 bits per heavy atom. The maximum Gasteiger partial charge on any atom is 0.124 e. The van der Waals surface area contributed by atoms with E-state index in [1.165, 1.54) is 51.2 Å². The summed E-state index contributed by atoms with van der Waals surface area (Å²) >= 11 is 1.85. The van der Waals surface area contributed by atoms with Gasteiger partial charge >= 0.3 is 0 Å². The van der Waals surface area contributed by atoms with E-state index >= 15 is 0 Å². The number of nitrogens with one attached hydrogen (secondary N) is 1. The summed E-state index contributed by atoms with van der Waals surface area (Å²) in [5.74, 6) is 0.985. The summed E-state index contributed by atoms with van der Waals surface area (Å²) < 4.78 is 6.31. The Balaban J connectivity index is 1.10. The van der Waals surface area contributed by atoms with Crippen LogP contribution in [0.25, 0.3) is 21.7 Å². The fraction of sp³-hybridized carbons (Fsp3) is 0.516. The van der Waals surface area contributed by atoms with Crippen molar-refractivity contribution in [2.75, 3.05) is 32.8 Å². The Labute approximate surface area is 224 Å². The molecule has 1 saturated heterocycles. The minimum Gasteiger partial charge on any atom is -0.493 e. The number of aromatic nitrogens is 1. The van der Waals surface area contributed by atoms with Gasteiger partial charge in [0, 0.05) is 30.1 Å². The highest BCUT2D eigenvalue weighted by Gasteiger charge is 2.44. The number of aliphatic hydroxyl groups excluding tert-OH is 1. The number of ether oxygens (including phenoxy) is 1. The molecule has 0 bridgehead atoms. The molecule has 2 aromatic carbocycles. The first-order valence-corrected chi connectivity index (χ1v) is 14.8. The number of piperidine rings is 1. The van der Waals surface area contributed by atoms with Gasteiger partial charge in [-0.2, -0.15) is 0 Å². The molecule has 0 atom stereocenters. The minimum absolute atomic E-state index is 0.0413. The van der Waals surface area contributed by atoms with Crippen LogP contribution in [0.15, 0.2) is 36.4 Å². The van der Waals surface area contributed by atoms with Gasteiger partial charge in [-0.05, 0) is 99.2 Å². The van der Waals surface area contributed by atoms with Gasteiger partial charge in [-0.25, -0.2) is 4.98 Å². The van der Waals surface area contributed by atoms with Crippen LogP contribution in [-0.2, 0) is 13.0 Å². The van der Waals surface area contributed by atoms with Crippen molar-refractivity contribution in [1.82, 2.24) is 15.2 Å². The number of hydrogen-bond donors (Lipinski definition) is 2. The van der Waals surface area contributed by atoms with Crippen molar-refractivity contribution in [3.63, 3.8) is 0 Å². The molecule has 1 spiro atoms. The topological polar surface area (TPSA) is 57.6 Å². The molecule has 6 rings (SSSR count). The van der Waals surface area contributed by atoms with E-state index in [1.54, 1.807) is 0 Å². The fourth-order valence-electron chi connectivity index (χ4n) is 6.53. The van der Waals surface area contributed by atoms with Crippen LogP contribution in [0.3, 0.4) is 0 Å². The third kappa shape index (κ3) is 5.09. The van der Waals surface area contributed by atoms with Gasteiger partial charge in [-0.1, -0.05) is 30.3 Å². The minimum atomic E-state index is -0.0413. The molecule has 1 aliphatic carbocycles. The number of fused-ring (bicyclic) bond motifs is 1. The van der Waals surface area contributed by atoms with Crippen LogP contribution in [0.1, 0.15) is 53.8 Å². The molecule has 5 nitrogen and oxygen atoms in total. The Hall–Kier alpha value is -2.25. The summed E-state index contributed by atoms with van der Waals surface area (Å²) in [5.41, 5.74) is 7.89. The van der Waals surface area contributed by atoms with Gasteiger partial charge in [0.25, 0.3) is 0 Å². The number of thiazole rings is 1. The summed E-state index contributed by atoms with van der Waals surface area (Å²) in [7, 11) is 0. The summed E-state index contributed by atoms with van der Waals surface area (Å²) in [5, 5.41) is 14.3. The highest BCUT2D eigenvalue weighted by Crippen LogP contribution is 2.49. The van der Waals surface area contributed by atoms with Crippen LogP contribution < -0.4 is 10.1 Å². The number of aliphatic hydroxyl groups is 1. The van der Waals surface area contributed by atoms with Crippen molar-refractivity contribution in [3.8, 4) is 27.4 Å². The summed E-state index contributed by atoms with van der Waals surface area (Å²) in [6, 6.07) is 13.0. The standard InChI is InChI=1S/C31H39N3O2S/c1-21-24(6-3-8-26(21)30-33-27-20-32-13-10-29(27)37-30)25-7-4-9-28(22(25)2)36-17-5-14-34-15-11-31(12-16-34)18-23(35)19-31/h3-4,6-9,23,32,35H,5,10-20H2,1-2H3. The number of benzene rings is 2. The quantitative estimate of drug-likeness (QED) is 0.391. The van der Waals surface area contributed by atoms with Crippen molar-refractivity contribution in [1.29, 1.82) is 0 Å². The van der Waals surface area contributed by atoms with Crippen molar-refractivity contribution < 1.29 is 9.84 Å². The van der Waals surface area contributed by atoms with Crippen LogP contribution in [0.2, 0.25) is 0 Å². The molecule has 6 heteroatoms. The van der Waals surface area contributed by atoms with E-state index in [-0.39, 0.29) is 6.10 Å². The normalized spacial score (nSPS) is 19.5. The molecule has 1 saturated carbocycles. The van der Waals surface area contributed by atoms with E-state index in [9.17, 15) is 5.11 Å². The number of likely N-dealkylation sites (tertiary alicyclic amines) is 1. The molecule has 3 aliphatic rings. The Morgan fingerprint density at radius 2 is 1.78 bits per heavy atom. The zero-order chi connectivity index (χ0) is 25.4. The molecule has 3 aromatic rings. The van der Waals surface area contributed by atoms with Crippen LogP contribution in [0, 0.1) is 19.3 Å². The highest BCUT2D eigenvalue weighted by molar-refractivity contribution is 7.15. The Kier molecular flexibility index (Phi) is 7.10. The zero-order valence-electron chi connectivity index (χ0n) is 22.2. The summed E-state index contributed by atoms with van der Waals surface area (Å²) in [6.45, 7) is 10.5. The SMILES string of the molecule is Cc1c(OCCCN2CCC3(CC2)CC(O)C3)cccc1-c1cccc(-c2nc3c(s2)CCNC3)c1C. The molecule has 2 N–H and O–H groups in total. The first-order valence-electron chi connectivity index (χ1n) is 13.9. The lowest BCUT2D eigenvalue weighted by molar-refractivity contribution is -0.0681. The zero-order valence-corrected chi connectivity index (χ0v) is 23.0. The molecule has 2 aliphatic heterocycles. The first kappa shape index (κ1) is 25.1. The van der Waals surface area contributed by atoms with E-state index in [4.69, 9.17) is 9.72 Å². The molecular formula is C31H39N3O2S. The Bertz CT molecular complexity index is 1230. The molecule has 0 radical (unpaired) electrons. The lowest BCUT2D eigenvalue weighted by Crippen LogP contribution is -2.49. The maximum atomic E-state index is 9.71. The largest absolute Gasteiger partial charge is 0.493 e. The van der Waals surface area contributed by atoms with Gasteiger partial charge in [0.2, 0.25) is 0 Å². The van der Waals surface area contributed by atoms with Gasteiger partial charge < -0.3 is 20.1 Å². The third-order valence-electron chi connectivity index (χ3n) is 8.87. The van der Waals surface area contributed by atoms with Crippen LogP contribution in [0.5, 0.6) is 5.75 Å².